The Labute approximate surface area is 156 Å². The lowest BCUT2D eigenvalue weighted by molar-refractivity contribution is -0.139. The predicted molar refractivity (Wildman–Crippen MR) is 92.5 cm³/mol. The Hall–Kier alpha value is -1.36. The average Bonchev–Trinajstić information content (AvgIpc) is 3.04. The molecule has 2 atom stereocenters. The van der Waals surface area contributed by atoms with Crippen LogP contribution in [0.25, 0.3) is 0 Å². The molecule has 1 saturated heterocycles. The number of carbonyl (C=O) groups excluding carboxylic acids is 1. The molecule has 1 fully saturated rings. The van der Waals surface area contributed by atoms with Crippen LogP contribution in [0.1, 0.15) is 25.3 Å². The molecule has 1 aliphatic rings. The number of carbonyl (C=O) groups is 1. The molecule has 6 nitrogen and oxygen atoms in total. The van der Waals surface area contributed by atoms with E-state index in [1.165, 1.54) is 13.0 Å². The molecular formula is C15H21ClF3N3O3S. The number of rotatable bonds is 6. The molecule has 0 saturated carbocycles. The van der Waals surface area contributed by atoms with Crippen molar-refractivity contribution in [3.05, 3.63) is 29.8 Å². The van der Waals surface area contributed by atoms with Crippen LogP contribution in [-0.4, -0.2) is 39.5 Å². The first-order valence-electron chi connectivity index (χ1n) is 7.81. The Balaban J connectivity index is 0.00000338. The maximum absolute atomic E-state index is 13.0. The van der Waals surface area contributed by atoms with Gasteiger partial charge in [0.2, 0.25) is 15.9 Å². The van der Waals surface area contributed by atoms with Crippen LogP contribution in [0, 0.1) is 0 Å². The molecule has 0 radical (unpaired) electrons. The van der Waals surface area contributed by atoms with Gasteiger partial charge < -0.3 is 10.6 Å². The summed E-state index contributed by atoms with van der Waals surface area (Å²) < 4.78 is 65.5. The van der Waals surface area contributed by atoms with Crippen LogP contribution in [0.3, 0.4) is 0 Å². The SMILES string of the molecule is CC(NS(=O)(=O)c1ccccc1C(F)(F)F)C(=O)NCC1CCCN1.Cl. The van der Waals surface area contributed by atoms with E-state index in [1.54, 1.807) is 0 Å². The van der Waals surface area contributed by atoms with E-state index < -0.39 is 38.6 Å². The highest BCUT2D eigenvalue weighted by molar-refractivity contribution is 7.89. The number of halogens is 4. The smallest absolute Gasteiger partial charge is 0.353 e. The Bertz CT molecular complexity index is 722. The standard InChI is InChI=1S/C15H20F3N3O3S.ClH/c1-10(14(22)20-9-11-5-4-8-19-11)21-25(23,24)13-7-3-2-6-12(13)15(16,17)18;/h2-3,6-7,10-11,19,21H,4-5,8-9H2,1H3,(H,20,22);1H. The first-order chi connectivity index (χ1) is 11.6. The monoisotopic (exact) mass is 415 g/mol. The summed E-state index contributed by atoms with van der Waals surface area (Å²) in [7, 11) is -4.50. The van der Waals surface area contributed by atoms with Gasteiger partial charge in [-0.05, 0) is 38.4 Å². The quantitative estimate of drug-likeness (QED) is 0.659. The second kappa shape index (κ2) is 9.03. The van der Waals surface area contributed by atoms with Gasteiger partial charge in [0, 0.05) is 12.6 Å². The molecule has 1 aromatic carbocycles. The third-order valence-corrected chi connectivity index (χ3v) is 5.49. The lowest BCUT2D eigenvalue weighted by Gasteiger charge is -2.18. The minimum atomic E-state index is -4.81. The second-order valence-electron chi connectivity index (χ2n) is 5.88. The minimum Gasteiger partial charge on any atom is -0.353 e. The van der Waals surface area contributed by atoms with E-state index in [9.17, 15) is 26.4 Å². The number of alkyl halides is 3. The molecule has 1 heterocycles. The fourth-order valence-corrected chi connectivity index (χ4v) is 4.02. The van der Waals surface area contributed by atoms with Crippen LogP contribution in [0.5, 0.6) is 0 Å². The highest BCUT2D eigenvalue weighted by atomic mass is 35.5. The summed E-state index contributed by atoms with van der Waals surface area (Å²) >= 11 is 0. The molecule has 3 N–H and O–H groups in total. The molecule has 1 amide bonds. The Kier molecular flexibility index (Phi) is 7.87. The van der Waals surface area contributed by atoms with Crippen LogP contribution in [-0.2, 0) is 21.0 Å². The van der Waals surface area contributed by atoms with Gasteiger partial charge in [0.15, 0.2) is 0 Å². The summed E-state index contributed by atoms with van der Waals surface area (Å²) in [6, 6.07) is 2.77. The maximum Gasteiger partial charge on any atom is 0.417 e. The number of nitrogens with one attached hydrogen (secondary N) is 3. The van der Waals surface area contributed by atoms with Crippen LogP contribution < -0.4 is 15.4 Å². The fraction of sp³-hybridized carbons (Fsp3) is 0.533. The second-order valence-corrected chi connectivity index (χ2v) is 7.56. The predicted octanol–water partition coefficient (Wildman–Crippen LogP) is 1.66. The molecule has 0 aromatic heterocycles. The van der Waals surface area contributed by atoms with E-state index >= 15 is 0 Å². The van der Waals surface area contributed by atoms with Crippen molar-refractivity contribution in [3.63, 3.8) is 0 Å². The van der Waals surface area contributed by atoms with Crippen molar-refractivity contribution in [2.45, 2.75) is 42.9 Å². The van der Waals surface area contributed by atoms with Gasteiger partial charge in [-0.25, -0.2) is 8.42 Å². The zero-order valence-electron chi connectivity index (χ0n) is 14.0. The average molecular weight is 416 g/mol. The van der Waals surface area contributed by atoms with Gasteiger partial charge in [-0.15, -0.1) is 12.4 Å². The Morgan fingerprint density at radius 2 is 2.00 bits per heavy atom. The lowest BCUT2D eigenvalue weighted by Crippen LogP contribution is -2.47. The van der Waals surface area contributed by atoms with Crippen LogP contribution in [0.4, 0.5) is 13.2 Å². The summed E-state index contributed by atoms with van der Waals surface area (Å²) in [5.41, 5.74) is -1.27. The number of sulfonamides is 1. The van der Waals surface area contributed by atoms with Crippen molar-refractivity contribution in [3.8, 4) is 0 Å². The van der Waals surface area contributed by atoms with Crippen LogP contribution in [0.2, 0.25) is 0 Å². The number of hydrogen-bond acceptors (Lipinski definition) is 4. The highest BCUT2D eigenvalue weighted by Crippen LogP contribution is 2.33. The third-order valence-electron chi connectivity index (χ3n) is 3.89. The van der Waals surface area contributed by atoms with E-state index in [0.29, 0.717) is 12.6 Å². The third kappa shape index (κ3) is 5.83. The van der Waals surface area contributed by atoms with Crippen molar-refractivity contribution in [1.82, 2.24) is 15.4 Å². The van der Waals surface area contributed by atoms with Crippen LogP contribution >= 0.6 is 12.4 Å². The van der Waals surface area contributed by atoms with Crippen molar-refractivity contribution < 1.29 is 26.4 Å². The van der Waals surface area contributed by atoms with Crippen molar-refractivity contribution in [2.75, 3.05) is 13.1 Å². The summed E-state index contributed by atoms with van der Waals surface area (Å²) in [5.74, 6) is -0.596. The van der Waals surface area contributed by atoms with E-state index in [0.717, 1.165) is 31.5 Å². The summed E-state index contributed by atoms with van der Waals surface area (Å²) in [6.45, 7) is 2.48. The number of hydrogen-bond donors (Lipinski definition) is 3. The molecule has 1 aliphatic heterocycles. The van der Waals surface area contributed by atoms with Crippen molar-refractivity contribution in [1.29, 1.82) is 0 Å². The molecule has 2 rings (SSSR count). The number of amides is 1. The Morgan fingerprint density at radius 1 is 1.35 bits per heavy atom. The topological polar surface area (TPSA) is 87.3 Å². The summed E-state index contributed by atoms with van der Waals surface area (Å²) in [5, 5.41) is 5.76. The molecule has 2 unspecified atom stereocenters. The maximum atomic E-state index is 13.0. The van der Waals surface area contributed by atoms with Gasteiger partial charge in [0.25, 0.3) is 0 Å². The first kappa shape index (κ1) is 22.7. The molecule has 0 aliphatic carbocycles. The zero-order chi connectivity index (χ0) is 18.7. The van der Waals surface area contributed by atoms with E-state index in [1.807, 2.05) is 4.72 Å². The van der Waals surface area contributed by atoms with E-state index in [2.05, 4.69) is 10.6 Å². The molecule has 26 heavy (non-hydrogen) atoms. The molecular weight excluding hydrogens is 395 g/mol. The van der Waals surface area contributed by atoms with Gasteiger partial charge in [0.05, 0.1) is 16.5 Å². The van der Waals surface area contributed by atoms with Crippen LogP contribution in [0.15, 0.2) is 29.2 Å². The molecule has 0 bridgehead atoms. The first-order valence-corrected chi connectivity index (χ1v) is 9.29. The minimum absolute atomic E-state index is 0. The zero-order valence-corrected chi connectivity index (χ0v) is 15.6. The summed E-state index contributed by atoms with van der Waals surface area (Å²) in [4.78, 5) is 11.1. The van der Waals surface area contributed by atoms with Gasteiger partial charge in [-0.1, -0.05) is 12.1 Å². The fourth-order valence-electron chi connectivity index (χ4n) is 2.59. The van der Waals surface area contributed by atoms with E-state index in [-0.39, 0.29) is 18.4 Å². The van der Waals surface area contributed by atoms with Crippen molar-refractivity contribution >= 4 is 28.3 Å². The molecule has 148 valence electrons. The number of benzene rings is 1. The molecule has 0 spiro atoms. The van der Waals surface area contributed by atoms with Gasteiger partial charge in [0.1, 0.15) is 0 Å². The largest absolute Gasteiger partial charge is 0.417 e. The molecule has 1 aromatic rings. The lowest BCUT2D eigenvalue weighted by atomic mass is 10.2. The van der Waals surface area contributed by atoms with Gasteiger partial charge in [-0.2, -0.15) is 17.9 Å². The Morgan fingerprint density at radius 3 is 2.58 bits per heavy atom. The van der Waals surface area contributed by atoms with Gasteiger partial charge in [-0.3, -0.25) is 4.79 Å². The van der Waals surface area contributed by atoms with E-state index in [4.69, 9.17) is 0 Å². The summed E-state index contributed by atoms with van der Waals surface area (Å²) in [6.07, 6.45) is -2.92. The highest BCUT2D eigenvalue weighted by Gasteiger charge is 2.37. The van der Waals surface area contributed by atoms with Crippen molar-refractivity contribution in [2.24, 2.45) is 0 Å². The normalized spacial score (nSPS) is 18.8. The van der Waals surface area contributed by atoms with Gasteiger partial charge >= 0.3 is 6.18 Å². The molecule has 11 heteroatoms.